The van der Waals surface area contributed by atoms with Gasteiger partial charge in [0.1, 0.15) is 5.82 Å². The molecule has 1 aliphatic rings. The van der Waals surface area contributed by atoms with Crippen LogP contribution in [0.1, 0.15) is 58.7 Å². The number of nitrogens with two attached hydrogens (primary N) is 1. The molecule has 2 N–H and O–H groups in total. The van der Waals surface area contributed by atoms with E-state index in [1.54, 1.807) is 0 Å². The van der Waals surface area contributed by atoms with Gasteiger partial charge in [0.2, 0.25) is 0 Å². The lowest BCUT2D eigenvalue weighted by Crippen LogP contribution is -2.60. The third kappa shape index (κ3) is 3.67. The summed E-state index contributed by atoms with van der Waals surface area (Å²) in [6.07, 6.45) is 11.1. The van der Waals surface area contributed by atoms with Gasteiger partial charge >= 0.3 is 0 Å². The molecule has 2 atom stereocenters. The Morgan fingerprint density at radius 2 is 2.00 bits per heavy atom. The zero-order valence-corrected chi connectivity index (χ0v) is 14.0. The molecular weight excluding hydrogens is 260 g/mol. The van der Waals surface area contributed by atoms with E-state index in [1.807, 2.05) is 6.20 Å². The maximum atomic E-state index is 6.65. The molecule has 120 valence electrons. The second-order valence-electron chi connectivity index (χ2n) is 6.61. The average Bonchev–Trinajstić information content (AvgIpc) is 2.95. The van der Waals surface area contributed by atoms with E-state index in [-0.39, 0.29) is 11.6 Å². The van der Waals surface area contributed by atoms with Gasteiger partial charge in [0.05, 0.1) is 0 Å². The standard InChI is InChI=1S/C17H32N4/c1-4-10-20-13-9-19-16(20)14-15(18)17(3,5-2)21-11-7-6-8-12-21/h9,13,15H,4-8,10-12,14,18H2,1-3H3. The Kier molecular flexibility index (Phi) is 5.82. The Bertz CT molecular complexity index is 422. The third-order valence-electron chi connectivity index (χ3n) is 5.26. The van der Waals surface area contributed by atoms with Crippen LogP contribution in [0.5, 0.6) is 0 Å². The minimum absolute atomic E-state index is 0.0867. The van der Waals surface area contributed by atoms with E-state index in [2.05, 4.69) is 41.4 Å². The number of aromatic nitrogens is 2. The minimum atomic E-state index is 0.0867. The second-order valence-corrected chi connectivity index (χ2v) is 6.61. The number of nitrogens with zero attached hydrogens (tertiary/aromatic N) is 3. The fourth-order valence-corrected chi connectivity index (χ4v) is 3.52. The van der Waals surface area contributed by atoms with Crippen LogP contribution in [0.2, 0.25) is 0 Å². The molecule has 1 aromatic rings. The fourth-order valence-electron chi connectivity index (χ4n) is 3.52. The Balaban J connectivity index is 2.08. The van der Waals surface area contributed by atoms with Crippen molar-refractivity contribution in [3.8, 4) is 0 Å². The smallest absolute Gasteiger partial charge is 0.110 e. The highest BCUT2D eigenvalue weighted by atomic mass is 15.2. The molecule has 1 aliphatic heterocycles. The number of aryl methyl sites for hydroxylation is 1. The van der Waals surface area contributed by atoms with E-state index in [1.165, 1.54) is 32.4 Å². The van der Waals surface area contributed by atoms with E-state index in [0.29, 0.717) is 0 Å². The van der Waals surface area contributed by atoms with Crippen molar-refractivity contribution in [3.05, 3.63) is 18.2 Å². The molecule has 2 rings (SSSR count). The van der Waals surface area contributed by atoms with Gasteiger partial charge in [0.25, 0.3) is 0 Å². The molecular formula is C17H32N4. The minimum Gasteiger partial charge on any atom is -0.335 e. The molecule has 21 heavy (non-hydrogen) atoms. The molecule has 0 aliphatic carbocycles. The largest absolute Gasteiger partial charge is 0.335 e. The van der Waals surface area contributed by atoms with Crippen LogP contribution in [0.25, 0.3) is 0 Å². The van der Waals surface area contributed by atoms with E-state index >= 15 is 0 Å². The van der Waals surface area contributed by atoms with Gasteiger partial charge in [-0.1, -0.05) is 20.3 Å². The Hall–Kier alpha value is -0.870. The molecule has 0 aromatic carbocycles. The van der Waals surface area contributed by atoms with Crippen molar-refractivity contribution in [2.24, 2.45) is 5.73 Å². The van der Waals surface area contributed by atoms with E-state index in [9.17, 15) is 0 Å². The molecule has 0 amide bonds. The number of imidazole rings is 1. The first kappa shape index (κ1) is 16.5. The number of likely N-dealkylation sites (tertiary alicyclic amines) is 1. The van der Waals surface area contributed by atoms with Gasteiger partial charge in [-0.2, -0.15) is 0 Å². The van der Waals surface area contributed by atoms with Crippen molar-refractivity contribution in [3.63, 3.8) is 0 Å². The maximum absolute atomic E-state index is 6.65. The first-order valence-corrected chi connectivity index (χ1v) is 8.62. The fraction of sp³-hybridized carbons (Fsp3) is 0.824. The number of hydrogen-bond acceptors (Lipinski definition) is 3. The van der Waals surface area contributed by atoms with Gasteiger partial charge in [-0.3, -0.25) is 4.90 Å². The predicted octanol–water partition coefficient (Wildman–Crippen LogP) is 2.82. The van der Waals surface area contributed by atoms with Crippen LogP contribution >= 0.6 is 0 Å². The zero-order valence-electron chi connectivity index (χ0n) is 14.0. The first-order chi connectivity index (χ1) is 10.1. The lowest BCUT2D eigenvalue weighted by Gasteiger charge is -2.46. The molecule has 0 bridgehead atoms. The Labute approximate surface area is 129 Å². The van der Waals surface area contributed by atoms with Gasteiger partial charge in [-0.25, -0.2) is 4.98 Å². The van der Waals surface area contributed by atoms with E-state index in [0.717, 1.165) is 31.6 Å². The van der Waals surface area contributed by atoms with E-state index in [4.69, 9.17) is 5.73 Å². The van der Waals surface area contributed by atoms with Gasteiger partial charge < -0.3 is 10.3 Å². The maximum Gasteiger partial charge on any atom is 0.110 e. The SMILES string of the molecule is CCCn1ccnc1CC(N)C(C)(CC)N1CCCCC1. The van der Waals surface area contributed by atoms with Crippen molar-refractivity contribution < 1.29 is 0 Å². The summed E-state index contributed by atoms with van der Waals surface area (Å²) in [6.45, 7) is 10.2. The second kappa shape index (κ2) is 7.41. The highest BCUT2D eigenvalue weighted by Crippen LogP contribution is 2.28. The molecule has 2 unspecified atom stereocenters. The van der Waals surface area contributed by atoms with Crippen LogP contribution in [-0.4, -0.2) is 39.1 Å². The summed E-state index contributed by atoms with van der Waals surface area (Å²) in [4.78, 5) is 7.15. The topological polar surface area (TPSA) is 47.1 Å². The normalized spacial score (nSPS) is 21.1. The van der Waals surface area contributed by atoms with Crippen LogP contribution in [0.15, 0.2) is 12.4 Å². The molecule has 0 saturated carbocycles. The van der Waals surface area contributed by atoms with Gasteiger partial charge in [0, 0.05) is 36.9 Å². The van der Waals surface area contributed by atoms with Crippen molar-refractivity contribution in [2.75, 3.05) is 13.1 Å². The van der Waals surface area contributed by atoms with Crippen LogP contribution in [-0.2, 0) is 13.0 Å². The summed E-state index contributed by atoms with van der Waals surface area (Å²) < 4.78 is 2.26. The molecule has 4 heteroatoms. The zero-order chi connectivity index (χ0) is 15.3. The Morgan fingerprint density at radius 1 is 1.29 bits per heavy atom. The summed E-state index contributed by atoms with van der Waals surface area (Å²) >= 11 is 0. The molecule has 2 heterocycles. The summed E-state index contributed by atoms with van der Waals surface area (Å²) in [5.74, 6) is 1.14. The molecule has 1 saturated heterocycles. The number of rotatable bonds is 7. The molecule has 0 spiro atoms. The van der Waals surface area contributed by atoms with Crippen LogP contribution in [0.3, 0.4) is 0 Å². The molecule has 4 nitrogen and oxygen atoms in total. The van der Waals surface area contributed by atoms with Gasteiger partial charge in [-0.15, -0.1) is 0 Å². The summed E-state index contributed by atoms with van der Waals surface area (Å²) in [5, 5.41) is 0. The number of piperidine rings is 1. The highest BCUT2D eigenvalue weighted by Gasteiger charge is 2.37. The Morgan fingerprint density at radius 3 is 2.62 bits per heavy atom. The molecule has 0 radical (unpaired) electrons. The summed E-state index contributed by atoms with van der Waals surface area (Å²) in [5.41, 5.74) is 6.74. The monoisotopic (exact) mass is 292 g/mol. The van der Waals surface area contributed by atoms with Crippen molar-refractivity contribution in [1.29, 1.82) is 0 Å². The van der Waals surface area contributed by atoms with Crippen LogP contribution in [0.4, 0.5) is 0 Å². The van der Waals surface area contributed by atoms with Gasteiger partial charge in [-0.05, 0) is 45.7 Å². The summed E-state index contributed by atoms with van der Waals surface area (Å²) in [7, 11) is 0. The third-order valence-corrected chi connectivity index (χ3v) is 5.26. The summed E-state index contributed by atoms with van der Waals surface area (Å²) in [6, 6.07) is 0.138. The van der Waals surface area contributed by atoms with Crippen LogP contribution in [0, 0.1) is 0 Å². The van der Waals surface area contributed by atoms with Crippen molar-refractivity contribution >= 4 is 0 Å². The number of hydrogen-bond donors (Lipinski definition) is 1. The van der Waals surface area contributed by atoms with Crippen molar-refractivity contribution in [2.45, 2.75) is 77.4 Å². The first-order valence-electron chi connectivity index (χ1n) is 8.62. The lowest BCUT2D eigenvalue weighted by molar-refractivity contribution is 0.0538. The van der Waals surface area contributed by atoms with Crippen molar-refractivity contribution in [1.82, 2.24) is 14.5 Å². The van der Waals surface area contributed by atoms with Crippen LogP contribution < -0.4 is 5.73 Å². The quantitative estimate of drug-likeness (QED) is 0.840. The average molecular weight is 292 g/mol. The molecule has 1 fully saturated rings. The lowest BCUT2D eigenvalue weighted by atomic mass is 9.84. The predicted molar refractivity (Wildman–Crippen MR) is 88.3 cm³/mol. The van der Waals surface area contributed by atoms with E-state index < -0.39 is 0 Å². The highest BCUT2D eigenvalue weighted by molar-refractivity contribution is 5.03. The molecule has 1 aromatic heterocycles. The van der Waals surface area contributed by atoms with Gasteiger partial charge in [0.15, 0.2) is 0 Å².